The quantitative estimate of drug-likeness (QED) is 0.298. The second-order valence-corrected chi connectivity index (χ2v) is 12.3. The van der Waals surface area contributed by atoms with Gasteiger partial charge in [0.2, 0.25) is 5.91 Å². The Hall–Kier alpha value is -5.50. The number of ether oxygens (including phenoxy) is 1. The zero-order chi connectivity index (χ0) is 33.1. The summed E-state index contributed by atoms with van der Waals surface area (Å²) in [6.45, 7) is 3.24. The van der Waals surface area contributed by atoms with Gasteiger partial charge in [0.25, 0.3) is 0 Å². The number of anilines is 2. The number of hydrogen-bond donors (Lipinski definition) is 1. The molecule has 12 nitrogen and oxygen atoms in total. The Bertz CT molecular complexity index is 2200. The van der Waals surface area contributed by atoms with E-state index < -0.39 is 17.7 Å². The number of nitrogens with zero attached hydrogens (tertiary/aromatic N) is 9. The highest BCUT2D eigenvalue weighted by Gasteiger charge is 2.40. The molecule has 3 atom stereocenters. The fourth-order valence-electron chi connectivity index (χ4n) is 6.99. The van der Waals surface area contributed by atoms with Crippen molar-refractivity contribution in [3.05, 3.63) is 84.4 Å². The molecule has 1 fully saturated rings. The monoisotopic (exact) mass is 650 g/mol. The van der Waals surface area contributed by atoms with E-state index in [1.807, 2.05) is 42.2 Å². The first-order valence-corrected chi connectivity index (χ1v) is 15.7. The smallest absolute Gasteiger partial charge is 0.245 e. The highest BCUT2D eigenvalue weighted by atomic mass is 19.1. The predicted molar refractivity (Wildman–Crippen MR) is 176 cm³/mol. The zero-order valence-electron chi connectivity index (χ0n) is 26.5. The lowest BCUT2D eigenvalue weighted by Crippen LogP contribution is -2.47. The van der Waals surface area contributed by atoms with Gasteiger partial charge >= 0.3 is 0 Å². The van der Waals surface area contributed by atoms with Crippen LogP contribution in [0.1, 0.15) is 12.2 Å². The van der Waals surface area contributed by atoms with Crippen molar-refractivity contribution in [3.63, 3.8) is 0 Å². The van der Waals surface area contributed by atoms with Crippen LogP contribution in [-0.4, -0.2) is 90.8 Å². The number of methoxy groups -OCH3 is 1. The summed E-state index contributed by atoms with van der Waals surface area (Å²) in [5.41, 5.74) is 4.54. The number of likely N-dealkylation sites (N-methyl/N-ethyl adjacent to an activating group) is 1. The number of imidazole rings is 1. The molecular formula is C34H32F2N10O2. The van der Waals surface area contributed by atoms with E-state index in [1.54, 1.807) is 31.5 Å². The van der Waals surface area contributed by atoms with Crippen LogP contribution in [0, 0.1) is 18.6 Å². The summed E-state index contributed by atoms with van der Waals surface area (Å²) in [5.74, 6) is -0.0432. The van der Waals surface area contributed by atoms with Crippen LogP contribution in [0.3, 0.4) is 0 Å². The molecule has 14 heteroatoms. The lowest BCUT2D eigenvalue weighted by atomic mass is 10.1. The first-order valence-electron chi connectivity index (χ1n) is 15.7. The minimum Gasteiger partial charge on any atom is -0.378 e. The number of nitrogens with one attached hydrogen (secondary N) is 1. The Morgan fingerprint density at radius 2 is 1.83 bits per heavy atom. The molecule has 1 saturated heterocycles. The van der Waals surface area contributed by atoms with Gasteiger partial charge in [0.15, 0.2) is 11.5 Å². The number of halogens is 2. The Balaban J connectivity index is 1.22. The molecule has 0 unspecified atom stereocenters. The third-order valence-corrected chi connectivity index (χ3v) is 9.29. The average molecular weight is 651 g/mol. The minimum absolute atomic E-state index is 0.0381. The summed E-state index contributed by atoms with van der Waals surface area (Å²) in [5, 5.41) is 17.0. The van der Waals surface area contributed by atoms with Crippen molar-refractivity contribution < 1.29 is 18.3 Å². The van der Waals surface area contributed by atoms with Crippen molar-refractivity contribution in [3.8, 4) is 16.9 Å². The maximum atomic E-state index is 14.8. The van der Waals surface area contributed by atoms with Gasteiger partial charge in [0, 0.05) is 44.9 Å². The highest BCUT2D eigenvalue weighted by molar-refractivity contribution is 5.94. The van der Waals surface area contributed by atoms with Gasteiger partial charge in [-0.3, -0.25) is 4.79 Å². The van der Waals surface area contributed by atoms with Gasteiger partial charge in [-0.1, -0.05) is 18.2 Å². The third-order valence-electron chi connectivity index (χ3n) is 9.29. The van der Waals surface area contributed by atoms with Gasteiger partial charge in [-0.05, 0) is 43.7 Å². The van der Waals surface area contributed by atoms with E-state index in [4.69, 9.17) is 14.7 Å². The van der Waals surface area contributed by atoms with Crippen LogP contribution in [-0.2, 0) is 16.1 Å². The molecule has 4 aromatic heterocycles. The molecule has 0 aliphatic carbocycles. The fourth-order valence-corrected chi connectivity index (χ4v) is 6.99. The van der Waals surface area contributed by atoms with E-state index in [1.165, 1.54) is 10.7 Å². The maximum Gasteiger partial charge on any atom is 0.245 e. The number of aromatic nitrogens is 7. The van der Waals surface area contributed by atoms with Crippen LogP contribution >= 0.6 is 0 Å². The molecular weight excluding hydrogens is 618 g/mol. The van der Waals surface area contributed by atoms with E-state index in [0.29, 0.717) is 42.9 Å². The molecule has 1 N–H and O–H groups in total. The third kappa shape index (κ3) is 4.99. The second-order valence-electron chi connectivity index (χ2n) is 12.3. The van der Waals surface area contributed by atoms with Crippen molar-refractivity contribution in [1.82, 2.24) is 39.4 Å². The highest BCUT2D eigenvalue weighted by Crippen LogP contribution is 2.35. The van der Waals surface area contributed by atoms with Gasteiger partial charge in [-0.15, -0.1) is 5.10 Å². The standard InChI is InChI=1S/C34H32F2N10O2/c1-19-39-27-8-4-6-23-26-7-5-9-31(41-26)40-21-13-29(34(47)43(2)17-22(48-3)18-44(19)32(23)27)45(16-21)30-15-37-42-33-24(30)14-38-46(33)28-11-10-20(35)12-25(28)36/h4-12,14-15,21-22,29H,13,16-18H2,1-3H3,(H,40,41)/t21-,22-,29-/m0/s1. The SMILES string of the molecule is CO[C@H]1CN(C)C(=O)[C@@H]2C[C@@H](CN2c2cnnc3c2cnn3-c2ccc(F)cc2F)Nc2cccc(n2)-c2cccc3nc(C)n(c23)C1. The normalized spacial score (nSPS) is 19.9. The Morgan fingerprint density at radius 1 is 0.979 bits per heavy atom. The van der Waals surface area contributed by atoms with Crippen molar-refractivity contribution in [2.24, 2.45) is 0 Å². The number of para-hydroxylation sites is 1. The molecule has 6 aromatic rings. The van der Waals surface area contributed by atoms with Crippen LogP contribution in [0.2, 0.25) is 0 Å². The Kier molecular flexibility index (Phi) is 7.24. The molecule has 0 spiro atoms. The molecule has 244 valence electrons. The lowest BCUT2D eigenvalue weighted by Gasteiger charge is -2.31. The van der Waals surface area contributed by atoms with E-state index >= 15 is 0 Å². The van der Waals surface area contributed by atoms with E-state index in [2.05, 4.69) is 31.2 Å². The fraction of sp³-hybridized carbons (Fsp3) is 0.294. The maximum absolute atomic E-state index is 14.8. The molecule has 8 rings (SSSR count). The van der Waals surface area contributed by atoms with Crippen LogP contribution < -0.4 is 10.2 Å². The number of carbonyl (C=O) groups excluding carboxylic acids is 1. The minimum atomic E-state index is -0.780. The molecule has 4 bridgehead atoms. The van der Waals surface area contributed by atoms with Crippen LogP contribution in [0.25, 0.3) is 39.0 Å². The van der Waals surface area contributed by atoms with E-state index in [9.17, 15) is 13.6 Å². The molecule has 2 aliphatic heterocycles. The molecule has 6 heterocycles. The molecule has 48 heavy (non-hydrogen) atoms. The zero-order valence-corrected chi connectivity index (χ0v) is 26.5. The van der Waals surface area contributed by atoms with Crippen LogP contribution in [0.5, 0.6) is 0 Å². The van der Waals surface area contributed by atoms with Crippen molar-refractivity contribution in [1.29, 1.82) is 0 Å². The molecule has 0 radical (unpaired) electrons. The molecule has 2 aromatic carbocycles. The number of hydrogen-bond acceptors (Lipinski definition) is 9. The number of benzene rings is 2. The summed E-state index contributed by atoms with van der Waals surface area (Å²) < 4.78 is 37.8. The summed E-state index contributed by atoms with van der Waals surface area (Å²) in [7, 11) is 3.44. The number of rotatable bonds is 3. The van der Waals surface area contributed by atoms with Crippen LogP contribution in [0.4, 0.5) is 20.3 Å². The first kappa shape index (κ1) is 29.9. The number of fused-ring (bicyclic) bond motifs is 6. The number of carbonyl (C=O) groups is 1. The van der Waals surface area contributed by atoms with Gasteiger partial charge in [-0.25, -0.2) is 23.4 Å². The van der Waals surface area contributed by atoms with Gasteiger partial charge in [0.1, 0.15) is 29.2 Å². The predicted octanol–water partition coefficient (Wildman–Crippen LogP) is 4.36. The summed E-state index contributed by atoms with van der Waals surface area (Å²) in [6, 6.07) is 14.4. The molecule has 0 saturated carbocycles. The van der Waals surface area contributed by atoms with Gasteiger partial charge in [0.05, 0.1) is 52.8 Å². The van der Waals surface area contributed by atoms with Crippen molar-refractivity contribution >= 4 is 39.5 Å². The summed E-state index contributed by atoms with van der Waals surface area (Å²) >= 11 is 0. The molecule has 2 aliphatic rings. The topological polar surface area (TPSA) is 119 Å². The van der Waals surface area contributed by atoms with Crippen LogP contribution in [0.15, 0.2) is 67.0 Å². The first-order chi connectivity index (χ1) is 23.3. The molecule has 1 amide bonds. The summed E-state index contributed by atoms with van der Waals surface area (Å²) in [4.78, 5) is 27.9. The second kappa shape index (κ2) is 11.6. The summed E-state index contributed by atoms with van der Waals surface area (Å²) in [6.07, 6.45) is 3.32. The number of pyridine rings is 1. The number of amides is 1. The average Bonchev–Trinajstić information content (AvgIpc) is 3.79. The lowest BCUT2D eigenvalue weighted by molar-refractivity contribution is -0.132. The Morgan fingerprint density at radius 3 is 2.67 bits per heavy atom. The van der Waals surface area contributed by atoms with Gasteiger partial charge in [-0.2, -0.15) is 10.2 Å². The Labute approximate surface area is 274 Å². The van der Waals surface area contributed by atoms with Crippen molar-refractivity contribution in [2.75, 3.05) is 37.5 Å². The van der Waals surface area contributed by atoms with E-state index in [0.717, 1.165) is 40.2 Å². The number of aryl methyl sites for hydroxylation is 1. The van der Waals surface area contributed by atoms with Gasteiger partial charge < -0.3 is 24.4 Å². The van der Waals surface area contributed by atoms with Crippen molar-refractivity contribution in [2.45, 2.75) is 38.1 Å². The van der Waals surface area contributed by atoms with E-state index in [-0.39, 0.29) is 29.4 Å². The largest absolute Gasteiger partial charge is 0.378 e.